The molecule has 33 heavy (non-hydrogen) atoms. The van der Waals surface area contributed by atoms with E-state index in [1.165, 1.54) is 0 Å². The highest BCUT2D eigenvalue weighted by molar-refractivity contribution is 6.33. The Bertz CT molecular complexity index is 1130. The third-order valence-electron chi connectivity index (χ3n) is 6.32. The Morgan fingerprint density at radius 2 is 1.79 bits per heavy atom. The van der Waals surface area contributed by atoms with Crippen LogP contribution in [0.1, 0.15) is 51.3 Å². The zero-order valence-corrected chi connectivity index (χ0v) is 20.5. The number of nitrogens with one attached hydrogen (secondary N) is 1. The van der Waals surface area contributed by atoms with Gasteiger partial charge in [-0.2, -0.15) is 0 Å². The number of carbonyl (C=O) groups is 1. The molecule has 1 aliphatic heterocycles. The smallest absolute Gasteiger partial charge is 0.137 e. The standard InChI is InChI=1S/C28H32ClN3O/c1-28(2,3)27-16-21(8-11-32-27)22-15-23(18-31-17-22)25-5-4-20(14-26(25)29)13-24(33)12-19-6-9-30-10-7-19/h4-5,8,11,14-19,30H,6-7,9-10,12-13H2,1-3H3. The van der Waals surface area contributed by atoms with E-state index in [1.807, 2.05) is 42.9 Å². The topological polar surface area (TPSA) is 54.9 Å². The fraction of sp³-hybridized carbons (Fsp3) is 0.393. The van der Waals surface area contributed by atoms with Crippen molar-refractivity contribution >= 4 is 17.4 Å². The summed E-state index contributed by atoms with van der Waals surface area (Å²) in [5.74, 6) is 0.802. The Kier molecular flexibility index (Phi) is 7.26. The molecule has 3 heterocycles. The maximum absolute atomic E-state index is 12.6. The molecule has 0 amide bonds. The zero-order chi connectivity index (χ0) is 23.4. The third-order valence-corrected chi connectivity index (χ3v) is 6.63. The Morgan fingerprint density at radius 1 is 1.03 bits per heavy atom. The van der Waals surface area contributed by atoms with Crippen LogP contribution in [-0.2, 0) is 16.6 Å². The van der Waals surface area contributed by atoms with E-state index in [9.17, 15) is 4.79 Å². The number of Topliss-reactive ketones (excluding diaryl/α,β-unsaturated/α-hetero) is 1. The predicted molar refractivity (Wildman–Crippen MR) is 136 cm³/mol. The van der Waals surface area contributed by atoms with Crippen LogP contribution in [-0.4, -0.2) is 28.8 Å². The number of halogens is 1. The van der Waals surface area contributed by atoms with Crippen molar-refractivity contribution in [1.29, 1.82) is 0 Å². The molecule has 1 fully saturated rings. The van der Waals surface area contributed by atoms with Gasteiger partial charge in [-0.3, -0.25) is 14.8 Å². The molecule has 0 aliphatic carbocycles. The van der Waals surface area contributed by atoms with Crippen LogP contribution in [0.4, 0.5) is 0 Å². The van der Waals surface area contributed by atoms with E-state index in [1.54, 1.807) is 0 Å². The van der Waals surface area contributed by atoms with E-state index < -0.39 is 0 Å². The van der Waals surface area contributed by atoms with Crippen LogP contribution < -0.4 is 5.32 Å². The fourth-order valence-electron chi connectivity index (χ4n) is 4.38. The van der Waals surface area contributed by atoms with E-state index in [0.29, 0.717) is 29.6 Å². The molecular weight excluding hydrogens is 430 g/mol. The van der Waals surface area contributed by atoms with Gasteiger partial charge in [0.25, 0.3) is 0 Å². The van der Waals surface area contributed by atoms with E-state index in [0.717, 1.165) is 59.4 Å². The molecular formula is C28H32ClN3O. The summed E-state index contributed by atoms with van der Waals surface area (Å²) in [5.41, 5.74) is 5.98. The average molecular weight is 462 g/mol. The van der Waals surface area contributed by atoms with Gasteiger partial charge in [-0.05, 0) is 67.2 Å². The average Bonchev–Trinajstić information content (AvgIpc) is 2.79. The van der Waals surface area contributed by atoms with Crippen molar-refractivity contribution in [2.45, 2.75) is 51.9 Å². The number of pyridine rings is 2. The summed E-state index contributed by atoms with van der Waals surface area (Å²) >= 11 is 6.67. The number of hydrogen-bond donors (Lipinski definition) is 1. The van der Waals surface area contributed by atoms with Crippen LogP contribution in [0, 0.1) is 5.92 Å². The second-order valence-electron chi connectivity index (χ2n) is 10.1. The molecule has 1 N–H and O–H groups in total. The number of carbonyl (C=O) groups excluding carboxylic acids is 1. The second-order valence-corrected chi connectivity index (χ2v) is 10.5. The van der Waals surface area contributed by atoms with Crippen LogP contribution in [0.25, 0.3) is 22.3 Å². The van der Waals surface area contributed by atoms with Crippen molar-refractivity contribution in [1.82, 2.24) is 15.3 Å². The quantitative estimate of drug-likeness (QED) is 0.470. The summed E-state index contributed by atoms with van der Waals surface area (Å²) < 4.78 is 0. The molecule has 0 atom stereocenters. The van der Waals surface area contributed by atoms with Crippen LogP contribution in [0.2, 0.25) is 5.02 Å². The highest BCUT2D eigenvalue weighted by Crippen LogP contribution is 2.32. The van der Waals surface area contributed by atoms with Gasteiger partial charge in [-0.15, -0.1) is 0 Å². The highest BCUT2D eigenvalue weighted by Gasteiger charge is 2.18. The van der Waals surface area contributed by atoms with Gasteiger partial charge in [0.05, 0.1) is 0 Å². The van der Waals surface area contributed by atoms with Crippen LogP contribution in [0.5, 0.6) is 0 Å². The lowest BCUT2D eigenvalue weighted by atomic mass is 9.90. The van der Waals surface area contributed by atoms with Crippen LogP contribution in [0.15, 0.2) is 55.0 Å². The minimum absolute atomic E-state index is 0.0223. The summed E-state index contributed by atoms with van der Waals surface area (Å²) in [6, 6.07) is 12.2. The normalized spacial score (nSPS) is 14.9. The van der Waals surface area contributed by atoms with Crippen molar-refractivity contribution in [3.05, 3.63) is 71.3 Å². The monoisotopic (exact) mass is 461 g/mol. The van der Waals surface area contributed by atoms with Gasteiger partial charge in [0.2, 0.25) is 0 Å². The first-order chi connectivity index (χ1) is 15.8. The van der Waals surface area contributed by atoms with Crippen molar-refractivity contribution < 1.29 is 4.79 Å². The molecule has 1 saturated heterocycles. The summed E-state index contributed by atoms with van der Waals surface area (Å²) in [6.07, 6.45) is 8.83. The molecule has 5 heteroatoms. The van der Waals surface area contributed by atoms with Crippen molar-refractivity contribution in [3.63, 3.8) is 0 Å². The van der Waals surface area contributed by atoms with Gasteiger partial charge >= 0.3 is 0 Å². The first-order valence-corrected chi connectivity index (χ1v) is 12.1. The van der Waals surface area contributed by atoms with E-state index >= 15 is 0 Å². The van der Waals surface area contributed by atoms with Gasteiger partial charge in [-0.25, -0.2) is 0 Å². The Morgan fingerprint density at radius 3 is 2.52 bits per heavy atom. The zero-order valence-electron chi connectivity index (χ0n) is 19.7. The lowest BCUT2D eigenvalue weighted by molar-refractivity contribution is -0.119. The number of hydrogen-bond acceptors (Lipinski definition) is 4. The van der Waals surface area contributed by atoms with Gasteiger partial charge in [0, 0.05) is 64.3 Å². The number of piperidine rings is 1. The molecule has 172 valence electrons. The first-order valence-electron chi connectivity index (χ1n) is 11.7. The SMILES string of the molecule is CC(C)(C)c1cc(-c2cncc(-c3ccc(CC(=O)CC4CCNCC4)cc3Cl)c2)ccn1. The van der Waals surface area contributed by atoms with Gasteiger partial charge in [0.1, 0.15) is 5.78 Å². The summed E-state index contributed by atoms with van der Waals surface area (Å²) in [6.45, 7) is 8.51. The minimum Gasteiger partial charge on any atom is -0.317 e. The van der Waals surface area contributed by atoms with Gasteiger partial charge < -0.3 is 5.32 Å². The van der Waals surface area contributed by atoms with Crippen LogP contribution in [0.3, 0.4) is 0 Å². The lowest BCUT2D eigenvalue weighted by Gasteiger charge is -2.21. The molecule has 0 unspecified atom stereocenters. The van der Waals surface area contributed by atoms with E-state index in [2.05, 4.69) is 48.2 Å². The first kappa shape index (κ1) is 23.6. The number of nitrogens with zero attached hydrogens (tertiary/aromatic N) is 2. The summed E-state index contributed by atoms with van der Waals surface area (Å²) in [5, 5.41) is 4.00. The van der Waals surface area contributed by atoms with E-state index in [-0.39, 0.29) is 5.41 Å². The molecule has 0 spiro atoms. The molecule has 4 rings (SSSR count). The summed E-state index contributed by atoms with van der Waals surface area (Å²) in [4.78, 5) is 21.6. The molecule has 0 bridgehead atoms. The third kappa shape index (κ3) is 6.07. The van der Waals surface area contributed by atoms with Crippen molar-refractivity contribution in [2.75, 3.05) is 13.1 Å². The van der Waals surface area contributed by atoms with Crippen LogP contribution >= 0.6 is 11.6 Å². The number of benzene rings is 1. The largest absolute Gasteiger partial charge is 0.317 e. The molecule has 2 aromatic heterocycles. The highest BCUT2D eigenvalue weighted by atomic mass is 35.5. The Labute approximate surface area is 201 Å². The summed E-state index contributed by atoms with van der Waals surface area (Å²) in [7, 11) is 0. The van der Waals surface area contributed by atoms with E-state index in [4.69, 9.17) is 11.6 Å². The molecule has 3 aromatic rings. The molecule has 1 aliphatic rings. The number of aromatic nitrogens is 2. The maximum Gasteiger partial charge on any atom is 0.137 e. The maximum atomic E-state index is 12.6. The second kappa shape index (κ2) is 10.1. The minimum atomic E-state index is -0.0223. The Balaban J connectivity index is 1.51. The molecule has 0 radical (unpaired) electrons. The Hall–Kier alpha value is -2.56. The molecule has 1 aromatic carbocycles. The van der Waals surface area contributed by atoms with Crippen molar-refractivity contribution in [2.24, 2.45) is 5.92 Å². The van der Waals surface area contributed by atoms with Gasteiger partial charge in [-0.1, -0.05) is 44.5 Å². The predicted octanol–water partition coefficient (Wildman–Crippen LogP) is 6.26. The number of ketones is 1. The molecule has 0 saturated carbocycles. The lowest BCUT2D eigenvalue weighted by Crippen LogP contribution is -2.29. The van der Waals surface area contributed by atoms with Gasteiger partial charge in [0.15, 0.2) is 0 Å². The number of rotatable bonds is 6. The van der Waals surface area contributed by atoms with Crippen molar-refractivity contribution in [3.8, 4) is 22.3 Å². The fourth-order valence-corrected chi connectivity index (χ4v) is 4.69. The molecule has 4 nitrogen and oxygen atoms in total.